The second kappa shape index (κ2) is 8.86. The Hall–Kier alpha value is -3.33. The lowest BCUT2D eigenvalue weighted by Gasteiger charge is -2.24. The zero-order valence-corrected chi connectivity index (χ0v) is 15.5. The van der Waals surface area contributed by atoms with Gasteiger partial charge >= 0.3 is 0 Å². The molecule has 0 saturated carbocycles. The van der Waals surface area contributed by atoms with Crippen molar-refractivity contribution in [3.8, 4) is 5.75 Å². The number of hydrogen-bond acceptors (Lipinski definition) is 2. The summed E-state index contributed by atoms with van der Waals surface area (Å²) in [5.41, 5.74) is 3.40. The predicted octanol–water partition coefficient (Wildman–Crippen LogP) is 5.03. The van der Waals surface area contributed by atoms with Crippen molar-refractivity contribution in [1.82, 2.24) is 0 Å². The molecule has 0 bridgehead atoms. The number of hydrogen-bond donors (Lipinski definition) is 0. The molecule has 27 heavy (non-hydrogen) atoms. The highest BCUT2D eigenvalue weighted by atomic mass is 16.5. The van der Waals surface area contributed by atoms with Gasteiger partial charge in [0.1, 0.15) is 5.75 Å². The molecule has 0 aliphatic carbocycles. The van der Waals surface area contributed by atoms with Crippen LogP contribution in [-0.2, 0) is 17.8 Å². The van der Waals surface area contributed by atoms with Gasteiger partial charge in [-0.05, 0) is 29.3 Å². The van der Waals surface area contributed by atoms with E-state index < -0.39 is 0 Å². The van der Waals surface area contributed by atoms with E-state index in [0.717, 1.165) is 22.6 Å². The lowest BCUT2D eigenvalue weighted by atomic mass is 10.0. The minimum absolute atomic E-state index is 0.0871. The summed E-state index contributed by atoms with van der Waals surface area (Å²) in [7, 11) is 1.63. The molecule has 3 aromatic rings. The minimum Gasteiger partial charge on any atom is -0.496 e. The van der Waals surface area contributed by atoms with Crippen LogP contribution in [0.2, 0.25) is 0 Å². The zero-order valence-electron chi connectivity index (χ0n) is 15.5. The van der Waals surface area contributed by atoms with Crippen LogP contribution >= 0.6 is 0 Å². The smallest absolute Gasteiger partial charge is 0.254 e. The number of anilines is 1. The highest BCUT2D eigenvalue weighted by Crippen LogP contribution is 2.24. The van der Waals surface area contributed by atoms with Gasteiger partial charge in [-0.25, -0.2) is 0 Å². The fourth-order valence-electron chi connectivity index (χ4n) is 3.00. The van der Waals surface area contributed by atoms with Crippen LogP contribution in [-0.4, -0.2) is 13.0 Å². The van der Waals surface area contributed by atoms with E-state index in [0.29, 0.717) is 18.5 Å². The van der Waals surface area contributed by atoms with Crippen molar-refractivity contribution in [2.45, 2.75) is 13.0 Å². The van der Waals surface area contributed by atoms with Gasteiger partial charge in [-0.2, -0.15) is 0 Å². The van der Waals surface area contributed by atoms with Crippen molar-refractivity contribution in [2.75, 3.05) is 12.0 Å². The average Bonchev–Trinajstić information content (AvgIpc) is 2.73. The van der Waals surface area contributed by atoms with Crippen molar-refractivity contribution in [2.24, 2.45) is 0 Å². The quantitative estimate of drug-likeness (QED) is 0.555. The van der Waals surface area contributed by atoms with E-state index in [1.54, 1.807) is 12.0 Å². The maximum absolute atomic E-state index is 13.2. The molecule has 3 aromatic carbocycles. The Balaban J connectivity index is 1.85. The predicted molar refractivity (Wildman–Crippen MR) is 110 cm³/mol. The lowest BCUT2D eigenvalue weighted by Crippen LogP contribution is -2.32. The molecule has 0 aromatic heterocycles. The van der Waals surface area contributed by atoms with E-state index >= 15 is 0 Å². The second-order valence-corrected chi connectivity index (χ2v) is 6.30. The van der Waals surface area contributed by atoms with E-state index in [9.17, 15) is 4.79 Å². The van der Waals surface area contributed by atoms with Gasteiger partial charge < -0.3 is 9.64 Å². The summed E-state index contributed by atoms with van der Waals surface area (Å²) in [4.78, 5) is 15.0. The van der Waals surface area contributed by atoms with E-state index in [1.165, 1.54) is 0 Å². The molecule has 0 radical (unpaired) electrons. The summed E-state index contributed by atoms with van der Waals surface area (Å²) in [5, 5.41) is 0. The van der Waals surface area contributed by atoms with Gasteiger partial charge in [0.15, 0.2) is 0 Å². The number of methoxy groups -OCH3 is 1. The first kappa shape index (κ1) is 18.5. The Labute approximate surface area is 160 Å². The van der Waals surface area contributed by atoms with Crippen LogP contribution in [0.3, 0.4) is 0 Å². The standard InChI is InChI=1S/C24H23NO2/c1-19(17-21-13-9-10-16-23(21)27-2)24(26)25(22-14-7-4-8-15-22)18-20-11-5-3-6-12-20/h3-16H,1,17-18H2,2H3. The minimum atomic E-state index is -0.0871. The third kappa shape index (κ3) is 4.64. The molecule has 0 unspecified atom stereocenters. The van der Waals surface area contributed by atoms with Gasteiger partial charge in [-0.15, -0.1) is 0 Å². The number of rotatable bonds is 7. The van der Waals surface area contributed by atoms with E-state index in [-0.39, 0.29) is 5.91 Å². The van der Waals surface area contributed by atoms with Gasteiger partial charge in [-0.1, -0.05) is 73.3 Å². The zero-order chi connectivity index (χ0) is 19.1. The van der Waals surface area contributed by atoms with Crippen LogP contribution in [0.15, 0.2) is 97.1 Å². The summed E-state index contributed by atoms with van der Waals surface area (Å²) in [6.45, 7) is 4.56. The number of benzene rings is 3. The highest BCUT2D eigenvalue weighted by Gasteiger charge is 2.20. The van der Waals surface area contributed by atoms with E-state index in [2.05, 4.69) is 6.58 Å². The first-order valence-corrected chi connectivity index (χ1v) is 8.89. The maximum Gasteiger partial charge on any atom is 0.254 e. The Morgan fingerprint density at radius 3 is 2.15 bits per heavy atom. The maximum atomic E-state index is 13.2. The molecule has 136 valence electrons. The topological polar surface area (TPSA) is 29.5 Å². The van der Waals surface area contributed by atoms with Gasteiger partial charge in [0.2, 0.25) is 0 Å². The van der Waals surface area contributed by atoms with Gasteiger partial charge in [0.05, 0.1) is 13.7 Å². The number of para-hydroxylation sites is 2. The monoisotopic (exact) mass is 357 g/mol. The van der Waals surface area contributed by atoms with Crippen LogP contribution in [0.25, 0.3) is 0 Å². The van der Waals surface area contributed by atoms with Crippen molar-refractivity contribution < 1.29 is 9.53 Å². The van der Waals surface area contributed by atoms with Crippen LogP contribution in [0, 0.1) is 0 Å². The molecule has 0 aliphatic rings. The molecule has 0 heterocycles. The van der Waals surface area contributed by atoms with Crippen molar-refractivity contribution in [3.63, 3.8) is 0 Å². The highest BCUT2D eigenvalue weighted by molar-refractivity contribution is 6.05. The summed E-state index contributed by atoms with van der Waals surface area (Å²) in [5.74, 6) is 0.678. The molecule has 0 atom stereocenters. The Kier molecular flexibility index (Phi) is 6.06. The molecule has 0 N–H and O–H groups in total. The first-order valence-electron chi connectivity index (χ1n) is 8.89. The van der Waals surface area contributed by atoms with E-state index in [1.807, 2.05) is 84.9 Å². The molecule has 3 heteroatoms. The number of carbonyl (C=O) groups excluding carboxylic acids is 1. The SMILES string of the molecule is C=C(Cc1ccccc1OC)C(=O)N(Cc1ccccc1)c1ccccc1. The normalized spacial score (nSPS) is 10.3. The molecule has 0 saturated heterocycles. The Morgan fingerprint density at radius 1 is 0.889 bits per heavy atom. The second-order valence-electron chi connectivity index (χ2n) is 6.30. The van der Waals surface area contributed by atoms with E-state index in [4.69, 9.17) is 4.74 Å². The van der Waals surface area contributed by atoms with Gasteiger partial charge in [0.25, 0.3) is 5.91 Å². The Bertz CT molecular complexity index is 904. The van der Waals surface area contributed by atoms with Crippen molar-refractivity contribution >= 4 is 11.6 Å². The molecule has 0 fully saturated rings. The fourth-order valence-corrected chi connectivity index (χ4v) is 3.00. The molecule has 3 rings (SSSR count). The third-order valence-electron chi connectivity index (χ3n) is 4.40. The molecule has 3 nitrogen and oxygen atoms in total. The van der Waals surface area contributed by atoms with Crippen LogP contribution in [0.5, 0.6) is 5.75 Å². The third-order valence-corrected chi connectivity index (χ3v) is 4.40. The summed E-state index contributed by atoms with van der Waals surface area (Å²) in [6.07, 6.45) is 0.445. The number of ether oxygens (including phenoxy) is 1. The molecular formula is C24H23NO2. The van der Waals surface area contributed by atoms with Crippen LogP contribution in [0.4, 0.5) is 5.69 Å². The van der Waals surface area contributed by atoms with Crippen LogP contribution < -0.4 is 9.64 Å². The molecule has 1 amide bonds. The molecule has 0 aliphatic heterocycles. The summed E-state index contributed by atoms with van der Waals surface area (Å²) in [6, 6.07) is 27.4. The van der Waals surface area contributed by atoms with Crippen LogP contribution in [0.1, 0.15) is 11.1 Å². The van der Waals surface area contributed by atoms with Gasteiger partial charge in [-0.3, -0.25) is 4.79 Å². The average molecular weight is 357 g/mol. The number of amides is 1. The Morgan fingerprint density at radius 2 is 1.48 bits per heavy atom. The van der Waals surface area contributed by atoms with Crippen molar-refractivity contribution in [3.05, 3.63) is 108 Å². The molecule has 0 spiro atoms. The largest absolute Gasteiger partial charge is 0.496 e. The first-order chi connectivity index (χ1) is 13.2. The number of carbonyl (C=O) groups is 1. The van der Waals surface area contributed by atoms with Crippen molar-refractivity contribution in [1.29, 1.82) is 0 Å². The lowest BCUT2D eigenvalue weighted by molar-refractivity contribution is -0.115. The summed E-state index contributed by atoms with van der Waals surface area (Å²) >= 11 is 0. The fraction of sp³-hybridized carbons (Fsp3) is 0.125. The van der Waals surface area contributed by atoms with Gasteiger partial charge in [0, 0.05) is 17.7 Å². The number of nitrogens with zero attached hydrogens (tertiary/aromatic N) is 1. The molecular weight excluding hydrogens is 334 g/mol. The summed E-state index contributed by atoms with van der Waals surface area (Å²) < 4.78 is 5.40.